The van der Waals surface area contributed by atoms with Crippen molar-refractivity contribution in [2.75, 3.05) is 5.32 Å². The molecule has 0 atom stereocenters. The van der Waals surface area contributed by atoms with Crippen LogP contribution in [0.25, 0.3) is 0 Å². The number of aromatic nitrogens is 2. The van der Waals surface area contributed by atoms with Crippen LogP contribution >= 0.6 is 11.6 Å². The van der Waals surface area contributed by atoms with Crippen molar-refractivity contribution < 1.29 is 14.8 Å². The highest BCUT2D eigenvalue weighted by atomic mass is 35.5. The molecule has 0 radical (unpaired) electrons. The predicted octanol–water partition coefficient (Wildman–Crippen LogP) is 2.49. The molecule has 0 fully saturated rings. The van der Waals surface area contributed by atoms with E-state index in [1.165, 1.54) is 22.9 Å². The number of nitrogens with one attached hydrogen (secondary N) is 1. The van der Waals surface area contributed by atoms with Crippen molar-refractivity contribution in [2.45, 2.75) is 19.9 Å². The van der Waals surface area contributed by atoms with Gasteiger partial charge in [0.05, 0.1) is 17.2 Å². The second kappa shape index (κ2) is 6.44. The van der Waals surface area contributed by atoms with Crippen molar-refractivity contribution in [3.63, 3.8) is 0 Å². The van der Waals surface area contributed by atoms with Gasteiger partial charge in [-0.1, -0.05) is 11.6 Å². The molecule has 2 rings (SSSR count). The molecule has 0 aliphatic carbocycles. The number of carbonyl (C=O) groups is 1. The summed E-state index contributed by atoms with van der Waals surface area (Å²) in [4.78, 5) is 22.1. The molecular formula is C13H13ClN4O4. The Morgan fingerprint density at radius 1 is 1.55 bits per heavy atom. The van der Waals surface area contributed by atoms with Gasteiger partial charge in [-0.05, 0) is 25.1 Å². The molecule has 0 bridgehead atoms. The molecule has 1 heterocycles. The highest BCUT2D eigenvalue weighted by Crippen LogP contribution is 2.26. The lowest BCUT2D eigenvalue weighted by atomic mass is 10.2. The van der Waals surface area contributed by atoms with E-state index in [9.17, 15) is 20.0 Å². The topological polar surface area (TPSA) is 110 Å². The Morgan fingerprint density at radius 3 is 2.91 bits per heavy atom. The van der Waals surface area contributed by atoms with Gasteiger partial charge in [-0.3, -0.25) is 19.6 Å². The normalized spacial score (nSPS) is 10.5. The molecule has 1 aromatic heterocycles. The van der Waals surface area contributed by atoms with E-state index in [0.717, 1.165) is 6.20 Å². The summed E-state index contributed by atoms with van der Waals surface area (Å²) >= 11 is 5.79. The van der Waals surface area contributed by atoms with Gasteiger partial charge in [-0.2, -0.15) is 5.10 Å². The van der Waals surface area contributed by atoms with Gasteiger partial charge >= 0.3 is 5.69 Å². The maximum absolute atomic E-state index is 11.9. The smallest absolute Gasteiger partial charge is 0.309 e. The van der Waals surface area contributed by atoms with E-state index < -0.39 is 4.92 Å². The number of amides is 1. The molecule has 1 aromatic carbocycles. The lowest BCUT2D eigenvalue weighted by Crippen LogP contribution is -2.15. The Bertz CT molecular complexity index is 729. The Labute approximate surface area is 130 Å². The zero-order valence-corrected chi connectivity index (χ0v) is 12.4. The highest BCUT2D eigenvalue weighted by Gasteiger charge is 2.17. The number of benzene rings is 1. The summed E-state index contributed by atoms with van der Waals surface area (Å²) in [5, 5.41) is 27.1. The molecule has 0 unspecified atom stereocenters. The number of nitrogens with zero attached hydrogens (tertiary/aromatic N) is 3. The second-order valence-corrected chi connectivity index (χ2v) is 4.99. The van der Waals surface area contributed by atoms with E-state index in [-0.39, 0.29) is 36.0 Å². The summed E-state index contributed by atoms with van der Waals surface area (Å²) < 4.78 is 1.38. The molecule has 1 amide bonds. The maximum Gasteiger partial charge on any atom is 0.309 e. The van der Waals surface area contributed by atoms with E-state index in [1.54, 1.807) is 6.92 Å². The number of phenolic OH excluding ortho intramolecular Hbond substituents is 1. The van der Waals surface area contributed by atoms with Crippen molar-refractivity contribution in [3.8, 4) is 5.75 Å². The third kappa shape index (κ3) is 3.53. The predicted molar refractivity (Wildman–Crippen MR) is 80.0 cm³/mol. The quantitative estimate of drug-likeness (QED) is 0.498. The van der Waals surface area contributed by atoms with Crippen molar-refractivity contribution in [1.82, 2.24) is 9.78 Å². The number of carbonyl (C=O) groups excluding carboxylic acids is 1. The number of aryl methyl sites for hydroxylation is 1. The van der Waals surface area contributed by atoms with Crippen LogP contribution in [0.15, 0.2) is 24.4 Å². The maximum atomic E-state index is 11.9. The summed E-state index contributed by atoms with van der Waals surface area (Å²) in [7, 11) is 0. The van der Waals surface area contributed by atoms with Gasteiger partial charge in [0.15, 0.2) is 0 Å². The van der Waals surface area contributed by atoms with Crippen LogP contribution in [0.5, 0.6) is 5.75 Å². The zero-order chi connectivity index (χ0) is 16.3. The van der Waals surface area contributed by atoms with Gasteiger partial charge in [0.1, 0.15) is 17.6 Å². The first kappa shape index (κ1) is 15.8. The summed E-state index contributed by atoms with van der Waals surface area (Å²) in [6.07, 6.45) is 1.20. The van der Waals surface area contributed by atoms with E-state index in [4.69, 9.17) is 11.6 Å². The molecule has 0 saturated carbocycles. The van der Waals surface area contributed by atoms with Crippen molar-refractivity contribution in [1.29, 1.82) is 0 Å². The van der Waals surface area contributed by atoms with Crippen LogP contribution in [0.4, 0.5) is 11.4 Å². The van der Waals surface area contributed by atoms with Crippen LogP contribution in [0.3, 0.4) is 0 Å². The van der Waals surface area contributed by atoms with Gasteiger partial charge in [0.25, 0.3) is 0 Å². The first-order chi connectivity index (χ1) is 10.4. The summed E-state index contributed by atoms with van der Waals surface area (Å²) in [5.74, 6) is -0.459. The standard InChI is InChI=1S/C13H13ClN4O4/c1-8-11(18(21)22)7-15-17(8)5-4-13(20)16-10-6-9(14)2-3-12(10)19/h2-3,6-7,19H,4-5H2,1H3,(H,16,20). The fourth-order valence-corrected chi connectivity index (χ4v) is 2.04. The summed E-state index contributed by atoms with van der Waals surface area (Å²) in [6, 6.07) is 4.30. The average Bonchev–Trinajstić information content (AvgIpc) is 2.82. The summed E-state index contributed by atoms with van der Waals surface area (Å²) in [6.45, 7) is 1.75. The van der Waals surface area contributed by atoms with Crippen molar-refractivity contribution in [3.05, 3.63) is 45.2 Å². The fraction of sp³-hybridized carbons (Fsp3) is 0.231. The fourth-order valence-electron chi connectivity index (χ4n) is 1.87. The first-order valence-corrected chi connectivity index (χ1v) is 6.71. The minimum atomic E-state index is -0.525. The highest BCUT2D eigenvalue weighted by molar-refractivity contribution is 6.31. The van der Waals surface area contributed by atoms with Crippen LogP contribution in [0.2, 0.25) is 5.02 Å². The van der Waals surface area contributed by atoms with Gasteiger partial charge in [-0.25, -0.2) is 0 Å². The van der Waals surface area contributed by atoms with Crippen molar-refractivity contribution >= 4 is 28.9 Å². The number of hydrogen-bond acceptors (Lipinski definition) is 5. The third-order valence-corrected chi connectivity index (χ3v) is 3.29. The SMILES string of the molecule is Cc1c([N+](=O)[O-])cnn1CCC(=O)Nc1cc(Cl)ccc1O. The molecule has 2 aromatic rings. The monoisotopic (exact) mass is 324 g/mol. The van der Waals surface area contributed by atoms with Crippen LogP contribution in [-0.2, 0) is 11.3 Å². The molecule has 116 valence electrons. The molecule has 0 spiro atoms. The second-order valence-electron chi connectivity index (χ2n) is 4.56. The average molecular weight is 325 g/mol. The molecule has 2 N–H and O–H groups in total. The Balaban J connectivity index is 1.98. The lowest BCUT2D eigenvalue weighted by Gasteiger charge is -2.08. The van der Waals surface area contributed by atoms with Crippen LogP contribution in [-0.4, -0.2) is 25.7 Å². The number of anilines is 1. The molecule has 0 aliphatic rings. The zero-order valence-electron chi connectivity index (χ0n) is 11.6. The lowest BCUT2D eigenvalue weighted by molar-refractivity contribution is -0.385. The molecule has 9 heteroatoms. The van der Waals surface area contributed by atoms with E-state index in [2.05, 4.69) is 10.4 Å². The number of aromatic hydroxyl groups is 1. The number of halogens is 1. The van der Waals surface area contributed by atoms with Gasteiger partial charge in [-0.15, -0.1) is 0 Å². The Morgan fingerprint density at radius 2 is 2.27 bits per heavy atom. The summed E-state index contributed by atoms with van der Waals surface area (Å²) in [5.41, 5.74) is 0.497. The molecule has 8 nitrogen and oxygen atoms in total. The number of phenols is 1. The van der Waals surface area contributed by atoms with Crippen LogP contribution in [0.1, 0.15) is 12.1 Å². The Kier molecular flexibility index (Phi) is 4.62. The molecule has 0 aliphatic heterocycles. The van der Waals surface area contributed by atoms with E-state index >= 15 is 0 Å². The largest absolute Gasteiger partial charge is 0.506 e. The van der Waals surface area contributed by atoms with Gasteiger partial charge in [0, 0.05) is 11.4 Å². The van der Waals surface area contributed by atoms with E-state index in [0.29, 0.717) is 10.7 Å². The van der Waals surface area contributed by atoms with Crippen molar-refractivity contribution in [2.24, 2.45) is 0 Å². The first-order valence-electron chi connectivity index (χ1n) is 6.33. The van der Waals surface area contributed by atoms with E-state index in [1.807, 2.05) is 0 Å². The molecule has 22 heavy (non-hydrogen) atoms. The van der Waals surface area contributed by atoms with Crippen LogP contribution in [0, 0.1) is 17.0 Å². The minimum Gasteiger partial charge on any atom is -0.506 e. The van der Waals surface area contributed by atoms with Gasteiger partial charge in [0.2, 0.25) is 5.91 Å². The van der Waals surface area contributed by atoms with Gasteiger partial charge < -0.3 is 10.4 Å². The molecular weight excluding hydrogens is 312 g/mol. The number of nitro groups is 1. The third-order valence-electron chi connectivity index (χ3n) is 3.06. The van der Waals surface area contributed by atoms with Crippen LogP contribution < -0.4 is 5.32 Å². The Hall–Kier alpha value is -2.61. The number of hydrogen-bond donors (Lipinski definition) is 2. The molecule has 0 saturated heterocycles. The minimum absolute atomic E-state index is 0.0472. The number of rotatable bonds is 5.